The molecule has 0 spiro atoms. The molecule has 1 fully saturated rings. The number of hydrogen-bond donors (Lipinski definition) is 2. The number of methoxy groups -OCH3 is 1. The molecule has 2 aliphatic rings. The molecule has 6 nitrogen and oxygen atoms in total. The van der Waals surface area contributed by atoms with E-state index in [1.807, 2.05) is 0 Å². The average molecular weight is 464 g/mol. The first-order valence-electron chi connectivity index (χ1n) is 11.2. The minimum atomic E-state index is -1.83. The number of carboxylic acid groups (broad SMARTS) is 2. The van der Waals surface area contributed by atoms with Crippen molar-refractivity contribution in [2.45, 2.75) is 64.4 Å². The predicted octanol–water partition coefficient (Wildman–Crippen LogP) is 4.85. The Hall–Kier alpha value is -2.74. The zero-order valence-electron chi connectivity index (χ0n) is 19.5. The molecule has 33 heavy (non-hydrogen) atoms. The summed E-state index contributed by atoms with van der Waals surface area (Å²) >= 11 is 0. The number of allylic oxidation sites excluding steroid dienone is 2. The maximum atomic E-state index is 15.4. The van der Waals surface area contributed by atoms with Crippen LogP contribution in [-0.2, 0) is 19.7 Å². The van der Waals surface area contributed by atoms with E-state index >= 15 is 4.39 Å². The third-order valence-corrected chi connectivity index (χ3v) is 7.14. The van der Waals surface area contributed by atoms with Gasteiger partial charge in [0.05, 0.1) is 22.7 Å². The molecular formula is C25H31F2NO5. The number of aliphatic carboxylic acids is 2. The zero-order chi connectivity index (χ0) is 24.5. The highest BCUT2D eigenvalue weighted by atomic mass is 19.2. The van der Waals surface area contributed by atoms with E-state index in [9.17, 15) is 24.2 Å². The third-order valence-electron chi connectivity index (χ3n) is 7.14. The third kappa shape index (κ3) is 4.28. The first-order chi connectivity index (χ1) is 15.6. The summed E-state index contributed by atoms with van der Waals surface area (Å²) in [6.45, 7) is 5.18. The van der Waals surface area contributed by atoms with Crippen molar-refractivity contribution in [3.8, 4) is 0 Å². The lowest BCUT2D eigenvalue weighted by Crippen LogP contribution is -2.48. The Balaban J connectivity index is 2.42. The molecule has 8 heteroatoms. The minimum absolute atomic E-state index is 0.0126. The van der Waals surface area contributed by atoms with Crippen molar-refractivity contribution in [1.82, 2.24) is 4.90 Å². The van der Waals surface area contributed by atoms with Crippen molar-refractivity contribution in [1.29, 1.82) is 0 Å². The van der Waals surface area contributed by atoms with E-state index < -0.39 is 29.0 Å². The van der Waals surface area contributed by atoms with Gasteiger partial charge < -0.3 is 19.8 Å². The number of rotatable bonds is 8. The normalized spacial score (nSPS) is 19.9. The Kier molecular flexibility index (Phi) is 7.26. The van der Waals surface area contributed by atoms with Gasteiger partial charge in [-0.25, -0.2) is 18.4 Å². The SMILES string of the molecule is COC(C)CN1C(C)=C(C(=O)O)C(CC2CCCC2)(c2cccc(F)c2F)C(C(=O)O)=C1C. The monoisotopic (exact) mass is 463 g/mol. The number of hydrogen-bond acceptors (Lipinski definition) is 4. The van der Waals surface area contributed by atoms with Crippen LogP contribution in [0.2, 0.25) is 0 Å². The predicted molar refractivity (Wildman–Crippen MR) is 118 cm³/mol. The summed E-state index contributed by atoms with van der Waals surface area (Å²) in [5, 5.41) is 20.8. The number of carbonyl (C=O) groups is 2. The average Bonchev–Trinajstić information content (AvgIpc) is 3.25. The smallest absolute Gasteiger partial charge is 0.334 e. The van der Waals surface area contributed by atoms with Crippen LogP contribution < -0.4 is 0 Å². The quantitative estimate of drug-likeness (QED) is 0.573. The van der Waals surface area contributed by atoms with E-state index in [4.69, 9.17) is 4.74 Å². The first kappa shape index (κ1) is 24.9. The summed E-state index contributed by atoms with van der Waals surface area (Å²) in [6.07, 6.45) is 3.18. The maximum absolute atomic E-state index is 15.4. The molecule has 3 rings (SSSR count). The highest BCUT2D eigenvalue weighted by molar-refractivity contribution is 6.00. The van der Waals surface area contributed by atoms with Crippen molar-refractivity contribution in [2.24, 2.45) is 5.92 Å². The van der Waals surface area contributed by atoms with Gasteiger partial charge in [0.15, 0.2) is 11.6 Å². The molecule has 0 amide bonds. The molecule has 0 radical (unpaired) electrons. The van der Waals surface area contributed by atoms with Crippen LogP contribution in [-0.4, -0.2) is 46.8 Å². The van der Waals surface area contributed by atoms with Gasteiger partial charge in [0.25, 0.3) is 0 Å². The van der Waals surface area contributed by atoms with Gasteiger partial charge in [-0.05, 0) is 39.2 Å². The topological polar surface area (TPSA) is 87.1 Å². The molecule has 2 N–H and O–H groups in total. The fraction of sp³-hybridized carbons (Fsp3) is 0.520. The van der Waals surface area contributed by atoms with Crippen molar-refractivity contribution in [3.63, 3.8) is 0 Å². The van der Waals surface area contributed by atoms with E-state index in [1.54, 1.807) is 25.7 Å². The lowest BCUT2D eigenvalue weighted by Gasteiger charge is -2.46. The summed E-state index contributed by atoms with van der Waals surface area (Å²) in [7, 11) is 1.51. The van der Waals surface area contributed by atoms with Gasteiger partial charge in [-0.2, -0.15) is 0 Å². The van der Waals surface area contributed by atoms with E-state index in [-0.39, 0.29) is 41.7 Å². The molecule has 1 atom stereocenters. The Bertz CT molecular complexity index is 972. The van der Waals surface area contributed by atoms with Gasteiger partial charge >= 0.3 is 11.9 Å². The Morgan fingerprint density at radius 3 is 2.15 bits per heavy atom. The molecule has 1 saturated carbocycles. The van der Waals surface area contributed by atoms with E-state index in [0.717, 1.165) is 31.7 Å². The molecule has 0 saturated heterocycles. The van der Waals surface area contributed by atoms with Crippen LogP contribution in [0, 0.1) is 17.6 Å². The molecule has 1 heterocycles. The van der Waals surface area contributed by atoms with Gasteiger partial charge in [-0.1, -0.05) is 37.8 Å². The lowest BCUT2D eigenvalue weighted by atomic mass is 9.61. The molecule has 1 unspecified atom stereocenters. The molecular weight excluding hydrogens is 432 g/mol. The second-order valence-electron chi connectivity index (χ2n) is 9.05. The van der Waals surface area contributed by atoms with Gasteiger partial charge in [0.2, 0.25) is 0 Å². The molecule has 0 bridgehead atoms. The highest BCUT2D eigenvalue weighted by Gasteiger charge is 2.54. The van der Waals surface area contributed by atoms with Gasteiger partial charge in [0.1, 0.15) is 0 Å². The molecule has 1 aromatic rings. The Labute approximate surface area is 192 Å². The summed E-state index contributed by atoms with van der Waals surface area (Å²) < 4.78 is 35.1. The largest absolute Gasteiger partial charge is 0.478 e. The molecule has 1 aromatic carbocycles. The van der Waals surface area contributed by atoms with E-state index in [2.05, 4.69) is 0 Å². The van der Waals surface area contributed by atoms with E-state index in [0.29, 0.717) is 11.4 Å². The van der Waals surface area contributed by atoms with Crippen LogP contribution in [0.3, 0.4) is 0 Å². The lowest BCUT2D eigenvalue weighted by molar-refractivity contribution is -0.135. The number of ether oxygens (including phenoxy) is 1. The van der Waals surface area contributed by atoms with Gasteiger partial charge in [-0.15, -0.1) is 0 Å². The van der Waals surface area contributed by atoms with Gasteiger partial charge in [0, 0.05) is 30.6 Å². The Morgan fingerprint density at radius 1 is 1.12 bits per heavy atom. The van der Waals surface area contributed by atoms with Crippen molar-refractivity contribution >= 4 is 11.9 Å². The van der Waals surface area contributed by atoms with Crippen LogP contribution in [0.1, 0.15) is 58.4 Å². The number of carboxylic acids is 2. The highest BCUT2D eigenvalue weighted by Crippen LogP contribution is 2.53. The Morgan fingerprint density at radius 2 is 1.67 bits per heavy atom. The van der Waals surface area contributed by atoms with Crippen molar-refractivity contribution in [2.75, 3.05) is 13.7 Å². The van der Waals surface area contributed by atoms with E-state index in [1.165, 1.54) is 19.2 Å². The summed E-state index contributed by atoms with van der Waals surface area (Å²) in [5.41, 5.74) is -1.94. The molecule has 0 aromatic heterocycles. The molecule has 180 valence electrons. The maximum Gasteiger partial charge on any atom is 0.334 e. The van der Waals surface area contributed by atoms with Crippen LogP contribution in [0.25, 0.3) is 0 Å². The fourth-order valence-electron chi connectivity index (χ4n) is 5.61. The van der Waals surface area contributed by atoms with Crippen LogP contribution in [0.15, 0.2) is 40.7 Å². The number of nitrogens with zero attached hydrogens (tertiary/aromatic N) is 1. The van der Waals surface area contributed by atoms with Crippen molar-refractivity contribution < 1.29 is 33.3 Å². The summed E-state index contributed by atoms with van der Waals surface area (Å²) in [5.74, 6) is -5.07. The zero-order valence-corrected chi connectivity index (χ0v) is 19.5. The standard InChI is InChI=1S/C25H31F2NO5/c1-14(33-4)13-28-15(2)20(23(29)30)25(12-17-8-5-6-9-17,21(16(28)3)24(31)32)18-10-7-11-19(26)22(18)27/h7,10-11,14,17H,5-6,8-9,12-13H2,1-4H3,(H,29,30)(H,31,32). The molecule has 1 aliphatic carbocycles. The van der Waals surface area contributed by atoms with Crippen LogP contribution >= 0.6 is 0 Å². The molecule has 1 aliphatic heterocycles. The second-order valence-corrected chi connectivity index (χ2v) is 9.05. The fourth-order valence-corrected chi connectivity index (χ4v) is 5.61. The summed E-state index contributed by atoms with van der Waals surface area (Å²) in [6, 6.07) is 3.56. The first-order valence-corrected chi connectivity index (χ1v) is 11.2. The van der Waals surface area contributed by atoms with Crippen molar-refractivity contribution in [3.05, 3.63) is 57.9 Å². The second kappa shape index (κ2) is 9.63. The number of benzene rings is 1. The van der Waals surface area contributed by atoms with Crippen LogP contribution in [0.4, 0.5) is 8.78 Å². The minimum Gasteiger partial charge on any atom is -0.478 e. The number of halogens is 2. The summed E-state index contributed by atoms with van der Waals surface area (Å²) in [4.78, 5) is 27.1. The van der Waals surface area contributed by atoms with Crippen LogP contribution in [0.5, 0.6) is 0 Å². The van der Waals surface area contributed by atoms with Gasteiger partial charge in [-0.3, -0.25) is 0 Å².